The van der Waals surface area contributed by atoms with Crippen molar-refractivity contribution in [3.63, 3.8) is 0 Å². The second-order valence-corrected chi connectivity index (χ2v) is 4.17. The highest BCUT2D eigenvalue weighted by Gasteiger charge is 2.11. The molecule has 0 radical (unpaired) electrons. The summed E-state index contributed by atoms with van der Waals surface area (Å²) in [5.41, 5.74) is 0.661. The summed E-state index contributed by atoms with van der Waals surface area (Å²) in [4.78, 5) is 22.4. The first-order valence-electron chi connectivity index (χ1n) is 5.79. The largest absolute Gasteiger partial charge is 0.481 e. The number of aliphatic carboxylic acids is 1. The summed E-state index contributed by atoms with van der Waals surface area (Å²) in [7, 11) is 0. The van der Waals surface area contributed by atoms with Gasteiger partial charge >= 0.3 is 12.5 Å². The van der Waals surface area contributed by atoms with E-state index in [0.717, 1.165) is 12.3 Å². The number of carboxylic acid groups (broad SMARTS) is 1. The molecule has 0 unspecified atom stereocenters. The zero-order chi connectivity index (χ0) is 14.7. The molecule has 0 bridgehead atoms. The van der Waals surface area contributed by atoms with Gasteiger partial charge < -0.3 is 5.11 Å². The van der Waals surface area contributed by atoms with Crippen LogP contribution in [-0.2, 0) is 11.2 Å². The third-order valence-corrected chi connectivity index (χ3v) is 2.83. The summed E-state index contributed by atoms with van der Waals surface area (Å²) in [6.45, 7) is -2.90. The van der Waals surface area contributed by atoms with Crippen LogP contribution in [0.3, 0.4) is 0 Å². The number of pyridine rings is 1. The SMILES string of the molecule is O=C(O)Cc1ccccc1-c1ccn(C(F)F)c(=O)c1. The molecule has 104 valence electrons. The van der Waals surface area contributed by atoms with E-state index in [1.54, 1.807) is 24.3 Å². The van der Waals surface area contributed by atoms with Gasteiger partial charge in [0.05, 0.1) is 6.42 Å². The van der Waals surface area contributed by atoms with Gasteiger partial charge in [-0.1, -0.05) is 24.3 Å². The summed E-state index contributed by atoms with van der Waals surface area (Å²) in [5.74, 6) is -1.00. The number of alkyl halides is 2. The van der Waals surface area contributed by atoms with Crippen LogP contribution in [0.25, 0.3) is 11.1 Å². The van der Waals surface area contributed by atoms with Crippen molar-refractivity contribution in [3.8, 4) is 11.1 Å². The van der Waals surface area contributed by atoms with E-state index in [1.807, 2.05) is 0 Å². The van der Waals surface area contributed by atoms with E-state index in [2.05, 4.69) is 0 Å². The molecule has 2 aromatic rings. The molecule has 0 saturated carbocycles. The van der Waals surface area contributed by atoms with Gasteiger partial charge in [-0.3, -0.25) is 14.2 Å². The quantitative estimate of drug-likeness (QED) is 0.935. The summed E-state index contributed by atoms with van der Waals surface area (Å²) < 4.78 is 25.3. The maximum Gasteiger partial charge on any atom is 0.321 e. The zero-order valence-electron chi connectivity index (χ0n) is 10.3. The van der Waals surface area contributed by atoms with Crippen molar-refractivity contribution in [2.45, 2.75) is 13.0 Å². The molecule has 0 aliphatic heterocycles. The number of rotatable bonds is 4. The lowest BCUT2D eigenvalue weighted by Gasteiger charge is -2.09. The first kappa shape index (κ1) is 13.9. The van der Waals surface area contributed by atoms with Crippen LogP contribution in [0.2, 0.25) is 0 Å². The molecule has 1 N–H and O–H groups in total. The van der Waals surface area contributed by atoms with Crippen molar-refractivity contribution in [2.24, 2.45) is 0 Å². The van der Waals surface area contributed by atoms with Crippen molar-refractivity contribution in [2.75, 3.05) is 0 Å². The number of benzene rings is 1. The summed E-state index contributed by atoms with van der Waals surface area (Å²) >= 11 is 0. The van der Waals surface area contributed by atoms with Crippen LogP contribution in [0.5, 0.6) is 0 Å². The molecule has 0 spiro atoms. The fourth-order valence-corrected chi connectivity index (χ4v) is 1.94. The molecule has 1 heterocycles. The Hall–Kier alpha value is -2.50. The van der Waals surface area contributed by atoms with Crippen LogP contribution in [0.4, 0.5) is 8.78 Å². The number of hydrogen-bond donors (Lipinski definition) is 1. The van der Waals surface area contributed by atoms with E-state index in [4.69, 9.17) is 5.11 Å². The highest BCUT2D eigenvalue weighted by atomic mass is 19.3. The summed E-state index contributed by atoms with van der Waals surface area (Å²) in [6, 6.07) is 9.10. The third kappa shape index (κ3) is 2.90. The number of halogens is 2. The highest BCUT2D eigenvalue weighted by Crippen LogP contribution is 2.23. The molecule has 1 aromatic carbocycles. The van der Waals surface area contributed by atoms with Gasteiger partial charge in [0.2, 0.25) is 0 Å². The smallest absolute Gasteiger partial charge is 0.321 e. The lowest BCUT2D eigenvalue weighted by molar-refractivity contribution is -0.136. The average molecular weight is 279 g/mol. The van der Waals surface area contributed by atoms with Gasteiger partial charge in [-0.15, -0.1) is 0 Å². The fraction of sp³-hybridized carbons (Fsp3) is 0.143. The Kier molecular flexibility index (Phi) is 3.93. The number of hydrogen-bond acceptors (Lipinski definition) is 2. The van der Waals surface area contributed by atoms with Crippen LogP contribution in [-0.4, -0.2) is 15.6 Å². The Bertz CT molecular complexity index is 695. The molecule has 2 rings (SSSR count). The molecule has 0 atom stereocenters. The standard InChI is InChI=1S/C14H11F2NO3/c15-14(16)17-6-5-10(7-12(17)18)11-4-2-1-3-9(11)8-13(19)20/h1-7,14H,8H2,(H,19,20). The highest BCUT2D eigenvalue weighted by molar-refractivity contribution is 5.76. The molecule has 4 nitrogen and oxygen atoms in total. The second kappa shape index (κ2) is 5.64. The lowest BCUT2D eigenvalue weighted by Crippen LogP contribution is -2.19. The maximum atomic E-state index is 12.5. The van der Waals surface area contributed by atoms with Crippen molar-refractivity contribution >= 4 is 5.97 Å². The van der Waals surface area contributed by atoms with Gasteiger partial charge in [-0.05, 0) is 22.8 Å². The topological polar surface area (TPSA) is 59.3 Å². The number of carboxylic acids is 1. The number of nitrogens with zero attached hydrogens (tertiary/aromatic N) is 1. The van der Waals surface area contributed by atoms with Crippen molar-refractivity contribution in [1.29, 1.82) is 0 Å². The number of aromatic nitrogens is 1. The normalized spacial score (nSPS) is 10.8. The van der Waals surface area contributed by atoms with Crippen molar-refractivity contribution < 1.29 is 18.7 Å². The Morgan fingerprint density at radius 3 is 2.55 bits per heavy atom. The molecule has 20 heavy (non-hydrogen) atoms. The lowest BCUT2D eigenvalue weighted by atomic mass is 9.98. The van der Waals surface area contributed by atoms with Crippen LogP contribution in [0.1, 0.15) is 12.1 Å². The number of carbonyl (C=O) groups is 1. The van der Waals surface area contributed by atoms with Gasteiger partial charge in [0.1, 0.15) is 0 Å². The van der Waals surface area contributed by atoms with E-state index in [1.165, 1.54) is 6.07 Å². The minimum atomic E-state index is -2.90. The fourth-order valence-electron chi connectivity index (χ4n) is 1.94. The van der Waals surface area contributed by atoms with Gasteiger partial charge in [0, 0.05) is 12.3 Å². The third-order valence-electron chi connectivity index (χ3n) is 2.83. The monoisotopic (exact) mass is 279 g/mol. The van der Waals surface area contributed by atoms with Gasteiger partial charge in [-0.25, -0.2) is 0 Å². The van der Waals surface area contributed by atoms with E-state index in [-0.39, 0.29) is 6.42 Å². The van der Waals surface area contributed by atoms with E-state index in [9.17, 15) is 18.4 Å². The van der Waals surface area contributed by atoms with Gasteiger partial charge in [-0.2, -0.15) is 8.78 Å². The molecule has 0 fully saturated rings. The van der Waals surface area contributed by atoms with Crippen LogP contribution in [0.15, 0.2) is 47.4 Å². The molecule has 6 heteroatoms. The maximum absolute atomic E-state index is 12.5. The van der Waals surface area contributed by atoms with Crippen molar-refractivity contribution in [3.05, 3.63) is 58.5 Å². The minimum absolute atomic E-state index is 0.200. The molecule has 0 saturated heterocycles. The van der Waals surface area contributed by atoms with Gasteiger partial charge in [0.15, 0.2) is 0 Å². The molecular formula is C14H11F2NO3. The van der Waals surface area contributed by atoms with Gasteiger partial charge in [0.25, 0.3) is 5.56 Å². The Balaban J connectivity index is 2.49. The Morgan fingerprint density at radius 2 is 1.95 bits per heavy atom. The molecule has 0 aliphatic rings. The van der Waals surface area contributed by atoms with E-state index >= 15 is 0 Å². The predicted octanol–water partition coefficient (Wildman–Crippen LogP) is 2.54. The average Bonchev–Trinajstić information content (AvgIpc) is 2.38. The van der Waals surface area contributed by atoms with Crippen LogP contribution < -0.4 is 5.56 Å². The Morgan fingerprint density at radius 1 is 1.25 bits per heavy atom. The van der Waals surface area contributed by atoms with Crippen LogP contribution >= 0.6 is 0 Å². The first-order chi connectivity index (χ1) is 9.49. The predicted molar refractivity (Wildman–Crippen MR) is 68.7 cm³/mol. The molecule has 0 amide bonds. The Labute approximate surface area is 112 Å². The first-order valence-corrected chi connectivity index (χ1v) is 5.79. The van der Waals surface area contributed by atoms with Crippen molar-refractivity contribution in [1.82, 2.24) is 4.57 Å². The van der Waals surface area contributed by atoms with E-state index < -0.39 is 18.1 Å². The van der Waals surface area contributed by atoms with E-state index in [0.29, 0.717) is 21.3 Å². The molecular weight excluding hydrogens is 268 g/mol. The second-order valence-electron chi connectivity index (χ2n) is 4.17. The minimum Gasteiger partial charge on any atom is -0.481 e. The summed E-state index contributed by atoms with van der Waals surface area (Å²) in [6.07, 6.45) is 0.800. The summed E-state index contributed by atoms with van der Waals surface area (Å²) in [5, 5.41) is 8.84. The van der Waals surface area contributed by atoms with Crippen LogP contribution in [0, 0.1) is 0 Å². The molecule has 1 aromatic heterocycles. The zero-order valence-corrected chi connectivity index (χ0v) is 10.3. The molecule has 0 aliphatic carbocycles.